The summed E-state index contributed by atoms with van der Waals surface area (Å²) in [7, 11) is 0. The van der Waals surface area contributed by atoms with Gasteiger partial charge in [-0.1, -0.05) is 0 Å². The third kappa shape index (κ3) is 2.57. The van der Waals surface area contributed by atoms with Crippen molar-refractivity contribution in [1.29, 1.82) is 0 Å². The summed E-state index contributed by atoms with van der Waals surface area (Å²) in [4.78, 5) is 20.4. The maximum absolute atomic E-state index is 10.5. The van der Waals surface area contributed by atoms with E-state index < -0.39 is 10.9 Å². The first-order valence-electron chi connectivity index (χ1n) is 4.31. The zero-order chi connectivity index (χ0) is 12.3. The van der Waals surface area contributed by atoms with Gasteiger partial charge in [0.1, 0.15) is 5.75 Å². The molecule has 6 nitrogen and oxygen atoms in total. The lowest BCUT2D eigenvalue weighted by Gasteiger charge is -2.00. The molecule has 0 aromatic heterocycles. The highest BCUT2D eigenvalue weighted by Gasteiger charge is 2.10. The average molecular weight is 223 g/mol. The van der Waals surface area contributed by atoms with Gasteiger partial charge in [-0.15, -0.1) is 0 Å². The van der Waals surface area contributed by atoms with Gasteiger partial charge < -0.3 is 10.2 Å². The summed E-state index contributed by atoms with van der Waals surface area (Å²) in [6.07, 6.45) is 1.17. The van der Waals surface area contributed by atoms with Crippen LogP contribution in [0.3, 0.4) is 0 Å². The number of hydrogen-bond acceptors (Lipinski definition) is 4. The van der Waals surface area contributed by atoms with E-state index in [1.54, 1.807) is 0 Å². The van der Waals surface area contributed by atoms with Crippen molar-refractivity contribution in [3.05, 3.63) is 39.4 Å². The van der Waals surface area contributed by atoms with Gasteiger partial charge in [0.05, 0.1) is 4.92 Å². The van der Waals surface area contributed by atoms with E-state index in [1.165, 1.54) is 13.0 Å². The summed E-state index contributed by atoms with van der Waals surface area (Å²) in [6.45, 7) is 1.33. The molecule has 1 rings (SSSR count). The van der Waals surface area contributed by atoms with E-state index in [2.05, 4.69) is 0 Å². The van der Waals surface area contributed by atoms with E-state index in [1.807, 2.05) is 0 Å². The van der Waals surface area contributed by atoms with E-state index >= 15 is 0 Å². The summed E-state index contributed by atoms with van der Waals surface area (Å²) < 4.78 is 0. The number of carbonyl (C=O) groups is 1. The Kier molecular flexibility index (Phi) is 3.24. The molecule has 0 saturated carbocycles. The maximum atomic E-state index is 10.5. The van der Waals surface area contributed by atoms with E-state index in [9.17, 15) is 20.0 Å². The fraction of sp³-hybridized carbons (Fsp3) is 0.100. The van der Waals surface area contributed by atoms with Gasteiger partial charge in [-0.3, -0.25) is 10.1 Å². The molecule has 0 bridgehead atoms. The smallest absolute Gasteiger partial charge is 0.331 e. The minimum atomic E-state index is -1.15. The van der Waals surface area contributed by atoms with Crippen LogP contribution in [0, 0.1) is 10.1 Å². The molecule has 1 aromatic carbocycles. The van der Waals surface area contributed by atoms with E-state index in [-0.39, 0.29) is 22.6 Å². The number of benzene rings is 1. The molecule has 0 radical (unpaired) electrons. The minimum absolute atomic E-state index is 0.0178. The Labute approximate surface area is 90.6 Å². The van der Waals surface area contributed by atoms with Crippen LogP contribution >= 0.6 is 0 Å². The molecule has 1 aromatic rings. The van der Waals surface area contributed by atoms with Gasteiger partial charge in [-0.25, -0.2) is 4.79 Å². The van der Waals surface area contributed by atoms with Crippen molar-refractivity contribution in [2.24, 2.45) is 0 Å². The number of non-ortho nitro benzene ring substituents is 1. The van der Waals surface area contributed by atoms with Crippen LogP contribution in [0.2, 0.25) is 0 Å². The number of rotatable bonds is 3. The highest BCUT2D eigenvalue weighted by molar-refractivity contribution is 5.92. The standard InChI is InChI=1S/C10H9NO5/c1-6(10(13)14)4-7-5-8(11(15)16)2-3-9(7)12/h2-5,12H,1H3,(H,13,14)/b6-4+. The number of carboxylic acid groups (broad SMARTS) is 1. The third-order valence-electron chi connectivity index (χ3n) is 1.93. The molecule has 0 aliphatic heterocycles. The van der Waals surface area contributed by atoms with Crippen LogP contribution in [-0.2, 0) is 4.79 Å². The van der Waals surface area contributed by atoms with Crippen molar-refractivity contribution in [1.82, 2.24) is 0 Å². The maximum Gasteiger partial charge on any atom is 0.331 e. The zero-order valence-corrected chi connectivity index (χ0v) is 8.38. The van der Waals surface area contributed by atoms with Gasteiger partial charge in [-0.05, 0) is 19.1 Å². The molecule has 0 atom stereocenters. The molecule has 6 heteroatoms. The Bertz CT molecular complexity index is 478. The second-order valence-electron chi connectivity index (χ2n) is 3.13. The number of aromatic hydroxyl groups is 1. The average Bonchev–Trinajstić information content (AvgIpc) is 2.20. The van der Waals surface area contributed by atoms with E-state index in [4.69, 9.17) is 5.11 Å². The van der Waals surface area contributed by atoms with Gasteiger partial charge in [0.2, 0.25) is 0 Å². The first-order chi connectivity index (χ1) is 7.41. The minimum Gasteiger partial charge on any atom is -0.507 e. The second kappa shape index (κ2) is 4.43. The van der Waals surface area contributed by atoms with Gasteiger partial charge in [0, 0.05) is 23.3 Å². The van der Waals surface area contributed by atoms with Crippen LogP contribution in [0.4, 0.5) is 5.69 Å². The molecule has 0 fully saturated rings. The van der Waals surface area contributed by atoms with Crippen molar-refractivity contribution >= 4 is 17.7 Å². The fourth-order valence-electron chi connectivity index (χ4n) is 1.07. The Hall–Kier alpha value is -2.37. The van der Waals surface area contributed by atoms with Crippen LogP contribution in [-0.4, -0.2) is 21.1 Å². The molecule has 84 valence electrons. The topological polar surface area (TPSA) is 101 Å². The lowest BCUT2D eigenvalue weighted by Crippen LogP contribution is -1.96. The number of aliphatic carboxylic acids is 1. The van der Waals surface area contributed by atoms with Gasteiger partial charge in [-0.2, -0.15) is 0 Å². The van der Waals surface area contributed by atoms with Crippen molar-refractivity contribution < 1.29 is 19.9 Å². The van der Waals surface area contributed by atoms with Gasteiger partial charge >= 0.3 is 5.97 Å². The number of carboxylic acids is 1. The van der Waals surface area contributed by atoms with E-state index in [0.717, 1.165) is 18.2 Å². The molecule has 0 aliphatic carbocycles. The fourth-order valence-corrected chi connectivity index (χ4v) is 1.07. The van der Waals surface area contributed by atoms with Crippen molar-refractivity contribution in [3.63, 3.8) is 0 Å². The molecular weight excluding hydrogens is 214 g/mol. The summed E-state index contributed by atoms with van der Waals surface area (Å²) in [5.74, 6) is -1.35. The van der Waals surface area contributed by atoms with Crippen LogP contribution in [0.15, 0.2) is 23.8 Å². The normalized spacial score (nSPS) is 11.2. The molecule has 0 heterocycles. The summed E-state index contributed by atoms with van der Waals surface area (Å²) in [6, 6.07) is 3.41. The highest BCUT2D eigenvalue weighted by atomic mass is 16.6. The number of nitrogens with zero attached hydrogens (tertiary/aromatic N) is 1. The quantitative estimate of drug-likeness (QED) is 0.462. The Morgan fingerprint density at radius 1 is 1.50 bits per heavy atom. The van der Waals surface area contributed by atoms with Crippen molar-refractivity contribution in [3.8, 4) is 5.75 Å². The molecule has 2 N–H and O–H groups in total. The number of phenols is 1. The lowest BCUT2D eigenvalue weighted by molar-refractivity contribution is -0.384. The van der Waals surface area contributed by atoms with Crippen LogP contribution in [0.25, 0.3) is 6.08 Å². The summed E-state index contributed by atoms with van der Waals surface area (Å²) in [5, 5.41) is 28.5. The molecule has 0 unspecified atom stereocenters. The summed E-state index contributed by atoms with van der Waals surface area (Å²) in [5.41, 5.74) is -0.118. The molecule has 0 saturated heterocycles. The van der Waals surface area contributed by atoms with E-state index in [0.29, 0.717) is 0 Å². The van der Waals surface area contributed by atoms with Gasteiger partial charge in [0.15, 0.2) is 0 Å². The largest absolute Gasteiger partial charge is 0.507 e. The Morgan fingerprint density at radius 2 is 2.12 bits per heavy atom. The number of nitro benzene ring substituents is 1. The first kappa shape index (κ1) is 11.7. The highest BCUT2D eigenvalue weighted by Crippen LogP contribution is 2.25. The number of nitro groups is 1. The van der Waals surface area contributed by atoms with Crippen molar-refractivity contribution in [2.75, 3.05) is 0 Å². The predicted molar refractivity (Wildman–Crippen MR) is 56.0 cm³/mol. The van der Waals surface area contributed by atoms with Crippen LogP contribution in [0.5, 0.6) is 5.75 Å². The molecule has 0 amide bonds. The van der Waals surface area contributed by atoms with Gasteiger partial charge in [0.25, 0.3) is 5.69 Å². The first-order valence-corrected chi connectivity index (χ1v) is 4.31. The zero-order valence-electron chi connectivity index (χ0n) is 8.38. The molecule has 16 heavy (non-hydrogen) atoms. The molecular formula is C10H9NO5. The SMILES string of the molecule is C/C(=C\c1cc([N+](=O)[O-])ccc1O)C(=O)O. The van der Waals surface area contributed by atoms with Crippen molar-refractivity contribution in [2.45, 2.75) is 6.92 Å². The monoisotopic (exact) mass is 223 g/mol. The molecule has 0 spiro atoms. The Balaban J connectivity index is 3.23. The summed E-state index contributed by atoms with van der Waals surface area (Å²) >= 11 is 0. The van der Waals surface area contributed by atoms with Crippen LogP contribution in [0.1, 0.15) is 12.5 Å². The Morgan fingerprint density at radius 3 is 2.62 bits per heavy atom. The predicted octanol–water partition coefficient (Wildman–Crippen LogP) is 1.79. The van der Waals surface area contributed by atoms with Crippen LogP contribution < -0.4 is 0 Å². The molecule has 0 aliphatic rings. The second-order valence-corrected chi connectivity index (χ2v) is 3.13. The number of phenolic OH excluding ortho intramolecular Hbond substituents is 1. The third-order valence-corrected chi connectivity index (χ3v) is 1.93. The number of hydrogen-bond donors (Lipinski definition) is 2. The lowest BCUT2D eigenvalue weighted by atomic mass is 10.1.